The van der Waals surface area contributed by atoms with Crippen molar-refractivity contribution in [2.24, 2.45) is 0 Å². The highest BCUT2D eigenvalue weighted by atomic mass is 35.5. The second kappa shape index (κ2) is 7.50. The third-order valence-electron chi connectivity index (χ3n) is 4.74. The van der Waals surface area contributed by atoms with Crippen LogP contribution in [0.15, 0.2) is 47.5 Å². The standard InChI is InChI=1S/C20H19ClN4O2/c1-27-17-6-2-4-14(18(17)21)11-25-9-7-16-15(12-25)20(26)24-19(23-16)13-5-3-8-22-10-13/h2-6,8,10H,7,9,11-12H2,1H3,(H,23,24,26). The molecule has 3 heterocycles. The quantitative estimate of drug-likeness (QED) is 0.750. The van der Waals surface area contributed by atoms with Gasteiger partial charge in [-0.15, -0.1) is 0 Å². The molecule has 4 rings (SSSR count). The van der Waals surface area contributed by atoms with Gasteiger partial charge < -0.3 is 9.72 Å². The smallest absolute Gasteiger partial charge is 0.255 e. The van der Waals surface area contributed by atoms with Gasteiger partial charge in [0.25, 0.3) is 5.56 Å². The molecular weight excluding hydrogens is 364 g/mol. The molecule has 2 aromatic heterocycles. The van der Waals surface area contributed by atoms with E-state index in [0.29, 0.717) is 41.7 Å². The van der Waals surface area contributed by atoms with Crippen molar-refractivity contribution in [2.45, 2.75) is 19.5 Å². The summed E-state index contributed by atoms with van der Waals surface area (Å²) in [5.41, 5.74) is 3.26. The molecule has 0 bridgehead atoms. The molecule has 0 saturated heterocycles. The van der Waals surface area contributed by atoms with Gasteiger partial charge in [-0.3, -0.25) is 14.7 Å². The number of H-pyrrole nitrogens is 1. The van der Waals surface area contributed by atoms with Crippen molar-refractivity contribution in [2.75, 3.05) is 13.7 Å². The van der Waals surface area contributed by atoms with Crippen LogP contribution in [0.25, 0.3) is 11.4 Å². The Morgan fingerprint density at radius 2 is 2.19 bits per heavy atom. The Balaban J connectivity index is 1.58. The molecule has 1 aliphatic heterocycles. The molecule has 0 radical (unpaired) electrons. The van der Waals surface area contributed by atoms with E-state index in [2.05, 4.69) is 19.9 Å². The van der Waals surface area contributed by atoms with E-state index in [9.17, 15) is 4.79 Å². The summed E-state index contributed by atoms with van der Waals surface area (Å²) < 4.78 is 5.28. The van der Waals surface area contributed by atoms with E-state index in [-0.39, 0.29) is 5.56 Å². The lowest BCUT2D eigenvalue weighted by atomic mass is 10.1. The van der Waals surface area contributed by atoms with Crippen molar-refractivity contribution in [3.63, 3.8) is 0 Å². The van der Waals surface area contributed by atoms with Gasteiger partial charge >= 0.3 is 0 Å². The Morgan fingerprint density at radius 1 is 1.30 bits per heavy atom. The predicted octanol–water partition coefficient (Wildman–Crippen LogP) is 3.05. The molecule has 0 spiro atoms. The molecule has 0 atom stereocenters. The first kappa shape index (κ1) is 17.7. The van der Waals surface area contributed by atoms with Gasteiger partial charge in [-0.25, -0.2) is 4.98 Å². The topological polar surface area (TPSA) is 71.1 Å². The van der Waals surface area contributed by atoms with E-state index in [1.807, 2.05) is 30.3 Å². The fourth-order valence-electron chi connectivity index (χ4n) is 3.33. The number of rotatable bonds is 4. The Hall–Kier alpha value is -2.70. The number of benzene rings is 1. The van der Waals surface area contributed by atoms with E-state index in [4.69, 9.17) is 16.3 Å². The molecule has 27 heavy (non-hydrogen) atoms. The summed E-state index contributed by atoms with van der Waals surface area (Å²) in [4.78, 5) is 26.5. The van der Waals surface area contributed by atoms with Crippen LogP contribution in [-0.4, -0.2) is 33.5 Å². The van der Waals surface area contributed by atoms with Crippen molar-refractivity contribution in [1.82, 2.24) is 19.9 Å². The molecular formula is C20H19ClN4O2. The van der Waals surface area contributed by atoms with Crippen molar-refractivity contribution < 1.29 is 4.74 Å². The zero-order valence-corrected chi connectivity index (χ0v) is 15.7. The normalized spacial score (nSPS) is 14.0. The van der Waals surface area contributed by atoms with Crippen molar-refractivity contribution in [3.8, 4) is 17.1 Å². The monoisotopic (exact) mass is 382 g/mol. The van der Waals surface area contributed by atoms with Crippen LogP contribution in [0.5, 0.6) is 5.75 Å². The third-order valence-corrected chi connectivity index (χ3v) is 5.17. The zero-order chi connectivity index (χ0) is 18.8. The Labute approximate surface area is 161 Å². The van der Waals surface area contributed by atoms with Gasteiger partial charge in [0.15, 0.2) is 0 Å². The number of nitrogens with one attached hydrogen (secondary N) is 1. The van der Waals surface area contributed by atoms with Crippen molar-refractivity contribution >= 4 is 11.6 Å². The number of hydrogen-bond donors (Lipinski definition) is 1. The van der Waals surface area contributed by atoms with Crippen molar-refractivity contribution in [3.05, 3.63) is 74.9 Å². The van der Waals surface area contributed by atoms with Gasteiger partial charge in [0.2, 0.25) is 0 Å². The molecule has 1 N–H and O–H groups in total. The fourth-order valence-corrected chi connectivity index (χ4v) is 3.60. The van der Waals surface area contributed by atoms with Crippen LogP contribution in [0.3, 0.4) is 0 Å². The molecule has 0 saturated carbocycles. The van der Waals surface area contributed by atoms with Crippen LogP contribution in [0, 0.1) is 0 Å². The lowest BCUT2D eigenvalue weighted by Gasteiger charge is -2.28. The van der Waals surface area contributed by atoms with Crippen LogP contribution < -0.4 is 10.3 Å². The van der Waals surface area contributed by atoms with Gasteiger partial charge in [-0.1, -0.05) is 23.7 Å². The Kier molecular flexibility index (Phi) is 4.92. The number of methoxy groups -OCH3 is 1. The maximum Gasteiger partial charge on any atom is 0.255 e. The summed E-state index contributed by atoms with van der Waals surface area (Å²) in [7, 11) is 1.60. The maximum absolute atomic E-state index is 12.6. The van der Waals surface area contributed by atoms with Crippen LogP contribution in [0.1, 0.15) is 16.8 Å². The SMILES string of the molecule is COc1cccc(CN2CCc3nc(-c4cccnc4)[nH]c(=O)c3C2)c1Cl. The zero-order valence-electron chi connectivity index (χ0n) is 14.9. The van der Waals surface area contributed by atoms with E-state index in [1.54, 1.807) is 19.5 Å². The largest absolute Gasteiger partial charge is 0.495 e. The first-order valence-electron chi connectivity index (χ1n) is 8.72. The first-order valence-corrected chi connectivity index (χ1v) is 9.09. The van der Waals surface area contributed by atoms with Gasteiger partial charge in [0.05, 0.1) is 23.4 Å². The lowest BCUT2D eigenvalue weighted by molar-refractivity contribution is 0.241. The summed E-state index contributed by atoms with van der Waals surface area (Å²) in [5, 5.41) is 0.616. The molecule has 0 unspecified atom stereocenters. The molecule has 7 heteroatoms. The number of hydrogen-bond acceptors (Lipinski definition) is 5. The molecule has 0 aliphatic carbocycles. The minimum Gasteiger partial charge on any atom is -0.495 e. The highest BCUT2D eigenvalue weighted by Gasteiger charge is 2.22. The maximum atomic E-state index is 12.6. The minimum atomic E-state index is -0.0970. The number of pyridine rings is 1. The Morgan fingerprint density at radius 3 is 2.96 bits per heavy atom. The van der Waals surface area contributed by atoms with E-state index < -0.39 is 0 Å². The highest BCUT2D eigenvalue weighted by Crippen LogP contribution is 2.29. The minimum absolute atomic E-state index is 0.0970. The Bertz CT molecular complexity index is 1020. The molecule has 1 aromatic carbocycles. The molecule has 6 nitrogen and oxygen atoms in total. The number of halogens is 1. The number of aromatic amines is 1. The van der Waals surface area contributed by atoms with Crippen LogP contribution >= 0.6 is 11.6 Å². The highest BCUT2D eigenvalue weighted by molar-refractivity contribution is 6.32. The van der Waals surface area contributed by atoms with E-state index in [0.717, 1.165) is 23.4 Å². The second-order valence-electron chi connectivity index (χ2n) is 6.48. The van der Waals surface area contributed by atoms with Crippen LogP contribution in [0.2, 0.25) is 5.02 Å². The van der Waals surface area contributed by atoms with Gasteiger partial charge in [-0.05, 0) is 23.8 Å². The lowest BCUT2D eigenvalue weighted by Crippen LogP contribution is -2.35. The van der Waals surface area contributed by atoms with Gasteiger partial charge in [0.1, 0.15) is 11.6 Å². The number of aromatic nitrogens is 3. The number of fused-ring (bicyclic) bond motifs is 1. The summed E-state index contributed by atoms with van der Waals surface area (Å²) in [6, 6.07) is 9.46. The number of ether oxygens (including phenoxy) is 1. The molecule has 0 amide bonds. The molecule has 3 aromatic rings. The average molecular weight is 383 g/mol. The third kappa shape index (κ3) is 3.59. The van der Waals surface area contributed by atoms with E-state index in [1.165, 1.54) is 0 Å². The average Bonchev–Trinajstić information content (AvgIpc) is 2.70. The van der Waals surface area contributed by atoms with E-state index >= 15 is 0 Å². The predicted molar refractivity (Wildman–Crippen MR) is 104 cm³/mol. The molecule has 0 fully saturated rings. The molecule has 138 valence electrons. The van der Waals surface area contributed by atoms with Gasteiger partial charge in [-0.2, -0.15) is 0 Å². The van der Waals surface area contributed by atoms with Crippen LogP contribution in [-0.2, 0) is 19.5 Å². The summed E-state index contributed by atoms with van der Waals surface area (Å²) in [6.07, 6.45) is 4.11. The van der Waals surface area contributed by atoms with Gasteiger partial charge in [0, 0.05) is 44.0 Å². The molecule has 1 aliphatic rings. The summed E-state index contributed by atoms with van der Waals surface area (Å²) >= 11 is 6.41. The number of nitrogens with zero attached hydrogens (tertiary/aromatic N) is 3. The second-order valence-corrected chi connectivity index (χ2v) is 6.85. The summed E-state index contributed by atoms with van der Waals surface area (Å²) in [6.45, 7) is 2.00. The van der Waals surface area contributed by atoms with Crippen molar-refractivity contribution in [1.29, 1.82) is 0 Å². The fraction of sp³-hybridized carbons (Fsp3) is 0.250. The first-order chi connectivity index (χ1) is 13.2. The summed E-state index contributed by atoms with van der Waals surface area (Å²) in [5.74, 6) is 1.23. The van der Waals surface area contributed by atoms with Crippen LogP contribution in [0.4, 0.5) is 0 Å².